The zero-order chi connectivity index (χ0) is 9.56. The highest BCUT2D eigenvalue weighted by Crippen LogP contribution is 2.14. The molecule has 12 heavy (non-hydrogen) atoms. The molecule has 0 fully saturated rings. The van der Waals surface area contributed by atoms with Crippen LogP contribution in [0.4, 0.5) is 5.69 Å². The van der Waals surface area contributed by atoms with Crippen molar-refractivity contribution >= 4 is 18.3 Å². The Hall–Kier alpha value is -1.03. The lowest BCUT2D eigenvalue weighted by Crippen LogP contribution is -1.89. The third-order valence-electron chi connectivity index (χ3n) is 1.31. The number of benzene rings is 1. The topological polar surface area (TPSA) is 43.1 Å². The molecular weight excluding hydrogens is 174 g/mol. The maximum absolute atomic E-state index is 10.2. The van der Waals surface area contributed by atoms with Crippen LogP contribution in [0.1, 0.15) is 5.56 Å². The van der Waals surface area contributed by atoms with E-state index in [4.69, 9.17) is 0 Å². The lowest BCUT2D eigenvalue weighted by molar-refractivity contribution is -0.385. The molecule has 1 aromatic rings. The van der Waals surface area contributed by atoms with Gasteiger partial charge in [0.1, 0.15) is 0 Å². The highest BCUT2D eigenvalue weighted by molar-refractivity contribution is 7.79. The molecule has 0 aliphatic heterocycles. The number of aryl methyl sites for hydroxylation is 1. The Kier molecular flexibility index (Phi) is 5.12. The Morgan fingerprint density at radius 2 is 1.83 bits per heavy atom. The summed E-state index contributed by atoms with van der Waals surface area (Å²) in [5.74, 6) is 0. The van der Waals surface area contributed by atoms with E-state index in [2.05, 4.69) is 12.6 Å². The van der Waals surface area contributed by atoms with E-state index >= 15 is 0 Å². The fourth-order valence-corrected chi connectivity index (χ4v) is 0.768. The number of rotatable bonds is 1. The number of nitro groups is 1. The normalized spacial score (nSPS) is 8.25. The summed E-state index contributed by atoms with van der Waals surface area (Å²) in [6, 6.07) is 6.65. The molecule has 0 N–H and O–H groups in total. The average Bonchev–Trinajstić information content (AvgIpc) is 2.08. The van der Waals surface area contributed by atoms with Crippen molar-refractivity contribution in [1.82, 2.24) is 0 Å². The molecule has 0 atom stereocenters. The van der Waals surface area contributed by atoms with Gasteiger partial charge in [-0.2, -0.15) is 12.6 Å². The Labute approximate surface area is 77.0 Å². The van der Waals surface area contributed by atoms with E-state index in [0.29, 0.717) is 5.56 Å². The molecular formula is C8H11NO2S. The number of hydrogen-bond donors (Lipinski definition) is 1. The molecule has 0 radical (unpaired) electrons. The van der Waals surface area contributed by atoms with Gasteiger partial charge in [0, 0.05) is 11.6 Å². The summed E-state index contributed by atoms with van der Waals surface area (Å²) < 4.78 is 0. The molecule has 0 aliphatic carbocycles. The Morgan fingerprint density at radius 3 is 2.17 bits per heavy atom. The summed E-state index contributed by atoms with van der Waals surface area (Å²) in [6.45, 7) is 1.72. The van der Waals surface area contributed by atoms with Crippen molar-refractivity contribution in [2.75, 3.05) is 6.26 Å². The lowest BCUT2D eigenvalue weighted by atomic mass is 10.2. The van der Waals surface area contributed by atoms with Crippen LogP contribution in [0.15, 0.2) is 24.3 Å². The molecule has 0 bridgehead atoms. The van der Waals surface area contributed by atoms with Gasteiger partial charge in [-0.25, -0.2) is 0 Å². The first-order chi connectivity index (χ1) is 5.72. The third-order valence-corrected chi connectivity index (χ3v) is 1.31. The molecule has 1 rings (SSSR count). The molecule has 0 amide bonds. The van der Waals surface area contributed by atoms with Crippen LogP contribution in [0.2, 0.25) is 0 Å². The quantitative estimate of drug-likeness (QED) is 0.415. The van der Waals surface area contributed by atoms with Gasteiger partial charge in [0.25, 0.3) is 5.69 Å². The molecule has 0 saturated carbocycles. The predicted molar refractivity (Wildman–Crippen MR) is 52.7 cm³/mol. The van der Waals surface area contributed by atoms with Gasteiger partial charge in [-0.15, -0.1) is 0 Å². The molecule has 1 aromatic carbocycles. The molecule has 3 nitrogen and oxygen atoms in total. The molecule has 0 aliphatic rings. The Morgan fingerprint density at radius 1 is 1.33 bits per heavy atom. The second kappa shape index (κ2) is 5.60. The van der Waals surface area contributed by atoms with Crippen molar-refractivity contribution in [3.63, 3.8) is 0 Å². The van der Waals surface area contributed by atoms with Crippen molar-refractivity contribution in [1.29, 1.82) is 0 Å². The Balaban J connectivity index is 0.000000561. The first kappa shape index (κ1) is 11.0. The first-order valence-corrected chi connectivity index (χ1v) is 4.26. The largest absolute Gasteiger partial charge is 0.272 e. The maximum Gasteiger partial charge on any atom is 0.272 e. The van der Waals surface area contributed by atoms with Gasteiger partial charge in [0.05, 0.1) is 4.92 Å². The monoisotopic (exact) mass is 185 g/mol. The van der Waals surface area contributed by atoms with Crippen LogP contribution in [0, 0.1) is 17.0 Å². The second-order valence-electron chi connectivity index (χ2n) is 2.04. The van der Waals surface area contributed by atoms with Crippen molar-refractivity contribution in [3.8, 4) is 0 Å². The minimum Gasteiger partial charge on any atom is -0.258 e. The number of nitro benzene ring substituents is 1. The highest BCUT2D eigenvalue weighted by Gasteiger charge is 2.05. The molecule has 0 spiro atoms. The standard InChI is InChI=1S/C7H7NO2.CH4S/c1-6-4-2-3-5-7(6)8(9)10;1-2/h2-5H,1H3;2H,1H3. The van der Waals surface area contributed by atoms with Gasteiger partial charge in [0.2, 0.25) is 0 Å². The number of thiol groups is 1. The number of hydrogen-bond acceptors (Lipinski definition) is 3. The minimum atomic E-state index is -0.380. The van der Waals surface area contributed by atoms with E-state index in [-0.39, 0.29) is 10.6 Å². The van der Waals surface area contributed by atoms with E-state index in [1.165, 1.54) is 6.07 Å². The summed E-state index contributed by atoms with van der Waals surface area (Å²) >= 11 is 3.53. The highest BCUT2D eigenvalue weighted by atomic mass is 32.1. The fourth-order valence-electron chi connectivity index (χ4n) is 0.768. The number of nitrogens with zero attached hydrogens (tertiary/aromatic N) is 1. The van der Waals surface area contributed by atoms with Gasteiger partial charge in [-0.05, 0) is 13.2 Å². The second-order valence-corrected chi connectivity index (χ2v) is 2.04. The zero-order valence-electron chi connectivity index (χ0n) is 7.02. The SMILES string of the molecule is CS.Cc1ccccc1[N+](=O)[O-]. The summed E-state index contributed by atoms with van der Waals surface area (Å²) in [4.78, 5) is 9.85. The van der Waals surface area contributed by atoms with Crippen LogP contribution in [0.3, 0.4) is 0 Å². The summed E-state index contributed by atoms with van der Waals surface area (Å²) in [7, 11) is 0. The van der Waals surface area contributed by atoms with Gasteiger partial charge in [-0.3, -0.25) is 10.1 Å². The summed E-state index contributed by atoms with van der Waals surface area (Å²) in [5.41, 5.74) is 0.884. The fraction of sp³-hybridized carbons (Fsp3) is 0.250. The van der Waals surface area contributed by atoms with Crippen LogP contribution in [-0.2, 0) is 0 Å². The van der Waals surface area contributed by atoms with Crippen molar-refractivity contribution in [3.05, 3.63) is 39.9 Å². The van der Waals surface area contributed by atoms with E-state index in [9.17, 15) is 10.1 Å². The van der Waals surface area contributed by atoms with Crippen LogP contribution < -0.4 is 0 Å². The first-order valence-electron chi connectivity index (χ1n) is 3.36. The molecule has 0 saturated heterocycles. The van der Waals surface area contributed by atoms with Gasteiger partial charge >= 0.3 is 0 Å². The van der Waals surface area contributed by atoms with E-state index < -0.39 is 0 Å². The van der Waals surface area contributed by atoms with Gasteiger partial charge in [0.15, 0.2) is 0 Å². The van der Waals surface area contributed by atoms with E-state index in [0.717, 1.165) is 0 Å². The minimum absolute atomic E-state index is 0.183. The van der Waals surface area contributed by atoms with Crippen molar-refractivity contribution < 1.29 is 4.92 Å². The lowest BCUT2D eigenvalue weighted by Gasteiger charge is -1.92. The zero-order valence-corrected chi connectivity index (χ0v) is 7.91. The number of para-hydroxylation sites is 1. The van der Waals surface area contributed by atoms with E-state index in [1.54, 1.807) is 31.4 Å². The Bertz CT molecular complexity index is 263. The van der Waals surface area contributed by atoms with E-state index in [1.807, 2.05) is 0 Å². The summed E-state index contributed by atoms with van der Waals surface area (Å²) in [5, 5.41) is 10.2. The van der Waals surface area contributed by atoms with Gasteiger partial charge < -0.3 is 0 Å². The van der Waals surface area contributed by atoms with Crippen molar-refractivity contribution in [2.45, 2.75) is 6.92 Å². The molecule has 66 valence electrons. The summed E-state index contributed by atoms with van der Waals surface area (Å²) in [6.07, 6.45) is 1.69. The predicted octanol–water partition coefficient (Wildman–Crippen LogP) is 2.45. The third kappa shape index (κ3) is 2.92. The molecule has 4 heteroatoms. The van der Waals surface area contributed by atoms with Gasteiger partial charge in [-0.1, -0.05) is 18.2 Å². The average molecular weight is 185 g/mol. The van der Waals surface area contributed by atoms with Crippen molar-refractivity contribution in [2.24, 2.45) is 0 Å². The molecule has 0 aromatic heterocycles. The van der Waals surface area contributed by atoms with Crippen LogP contribution >= 0.6 is 12.6 Å². The van der Waals surface area contributed by atoms with Crippen LogP contribution in [0.5, 0.6) is 0 Å². The van der Waals surface area contributed by atoms with Crippen LogP contribution in [-0.4, -0.2) is 11.2 Å². The molecule has 0 heterocycles. The smallest absolute Gasteiger partial charge is 0.258 e. The maximum atomic E-state index is 10.2. The van der Waals surface area contributed by atoms with Crippen LogP contribution in [0.25, 0.3) is 0 Å². The molecule has 0 unspecified atom stereocenters.